The minimum absolute atomic E-state index is 0.468. The summed E-state index contributed by atoms with van der Waals surface area (Å²) >= 11 is 1.87. The zero-order valence-corrected chi connectivity index (χ0v) is 13.5. The summed E-state index contributed by atoms with van der Waals surface area (Å²) in [6.45, 7) is 7.41. The summed E-state index contributed by atoms with van der Waals surface area (Å²) in [5, 5.41) is 3.34. The maximum absolute atomic E-state index is 4.51. The number of nitrogens with one attached hydrogen (secondary N) is 1. The van der Waals surface area contributed by atoms with Crippen LogP contribution in [0.25, 0.3) is 0 Å². The lowest BCUT2D eigenvalue weighted by Gasteiger charge is -2.28. The largest absolute Gasteiger partial charge is 0.370 e. The Morgan fingerprint density at radius 2 is 2.11 bits per heavy atom. The van der Waals surface area contributed by atoms with Gasteiger partial charge in [0, 0.05) is 31.0 Å². The molecular weight excluding hydrogens is 256 g/mol. The molecule has 1 aromatic rings. The van der Waals surface area contributed by atoms with Gasteiger partial charge in [0.2, 0.25) is 0 Å². The van der Waals surface area contributed by atoms with Gasteiger partial charge in [-0.25, -0.2) is 9.97 Å². The van der Waals surface area contributed by atoms with Gasteiger partial charge in [-0.1, -0.05) is 13.3 Å². The van der Waals surface area contributed by atoms with Crippen molar-refractivity contribution in [3.63, 3.8) is 0 Å². The number of rotatable bonds is 8. The van der Waals surface area contributed by atoms with E-state index in [1.54, 1.807) is 6.33 Å². The summed E-state index contributed by atoms with van der Waals surface area (Å²) in [7, 11) is 2.12. The van der Waals surface area contributed by atoms with Crippen molar-refractivity contribution >= 4 is 23.4 Å². The van der Waals surface area contributed by atoms with Crippen LogP contribution < -0.4 is 10.2 Å². The predicted molar refractivity (Wildman–Crippen MR) is 86.4 cm³/mol. The molecule has 0 bridgehead atoms. The van der Waals surface area contributed by atoms with Gasteiger partial charge in [0.25, 0.3) is 0 Å². The Balaban J connectivity index is 3.06. The van der Waals surface area contributed by atoms with Crippen molar-refractivity contribution < 1.29 is 0 Å². The molecule has 1 N–H and O–H groups in total. The predicted octanol–water partition coefficient (Wildman–Crippen LogP) is 3.05. The first kappa shape index (κ1) is 16.1. The SMILES string of the molecule is CCCc1c(NCC)ncnc1N(C)C(C)CSC. The first-order chi connectivity index (χ1) is 9.15. The highest BCUT2D eigenvalue weighted by Gasteiger charge is 2.17. The molecule has 0 aliphatic rings. The molecule has 0 aliphatic heterocycles. The molecule has 0 aromatic carbocycles. The fourth-order valence-electron chi connectivity index (χ4n) is 2.07. The van der Waals surface area contributed by atoms with Gasteiger partial charge >= 0.3 is 0 Å². The summed E-state index contributed by atoms with van der Waals surface area (Å²) in [6.07, 6.45) is 5.91. The fraction of sp³-hybridized carbons (Fsp3) is 0.714. The number of hydrogen-bond donors (Lipinski definition) is 1. The second-order valence-corrected chi connectivity index (χ2v) is 5.63. The smallest absolute Gasteiger partial charge is 0.137 e. The van der Waals surface area contributed by atoms with Crippen LogP contribution in [0.2, 0.25) is 0 Å². The zero-order chi connectivity index (χ0) is 14.3. The fourth-order valence-corrected chi connectivity index (χ4v) is 2.77. The summed E-state index contributed by atoms with van der Waals surface area (Å²) in [4.78, 5) is 11.2. The van der Waals surface area contributed by atoms with Gasteiger partial charge in [-0.2, -0.15) is 11.8 Å². The molecule has 1 aromatic heterocycles. The second-order valence-electron chi connectivity index (χ2n) is 4.72. The average Bonchev–Trinajstić information content (AvgIpc) is 2.40. The van der Waals surface area contributed by atoms with Gasteiger partial charge in [-0.15, -0.1) is 0 Å². The van der Waals surface area contributed by atoms with E-state index in [1.807, 2.05) is 11.8 Å². The third-order valence-electron chi connectivity index (χ3n) is 3.17. The van der Waals surface area contributed by atoms with E-state index in [9.17, 15) is 0 Å². The van der Waals surface area contributed by atoms with Crippen molar-refractivity contribution in [2.75, 3.05) is 35.8 Å². The van der Waals surface area contributed by atoms with E-state index < -0.39 is 0 Å². The minimum atomic E-state index is 0.468. The van der Waals surface area contributed by atoms with Gasteiger partial charge in [-0.3, -0.25) is 0 Å². The summed E-state index contributed by atoms with van der Waals surface area (Å²) in [5.74, 6) is 3.15. The molecule has 1 heterocycles. The molecule has 108 valence electrons. The van der Waals surface area contributed by atoms with E-state index in [0.29, 0.717) is 6.04 Å². The third-order valence-corrected chi connectivity index (χ3v) is 3.99. The Kier molecular flexibility index (Phi) is 6.99. The number of hydrogen-bond acceptors (Lipinski definition) is 5. The van der Waals surface area contributed by atoms with Crippen LogP contribution >= 0.6 is 11.8 Å². The highest BCUT2D eigenvalue weighted by Crippen LogP contribution is 2.25. The molecule has 0 radical (unpaired) electrons. The molecular formula is C14H26N4S. The molecule has 0 fully saturated rings. The molecule has 5 heteroatoms. The van der Waals surface area contributed by atoms with Crippen LogP contribution in [0, 0.1) is 0 Å². The van der Waals surface area contributed by atoms with Crippen molar-refractivity contribution in [2.24, 2.45) is 0 Å². The van der Waals surface area contributed by atoms with E-state index in [4.69, 9.17) is 0 Å². The molecule has 0 saturated carbocycles. The quantitative estimate of drug-likeness (QED) is 0.793. The second kappa shape index (κ2) is 8.25. The van der Waals surface area contributed by atoms with Crippen molar-refractivity contribution in [1.82, 2.24) is 9.97 Å². The van der Waals surface area contributed by atoms with Crippen molar-refractivity contribution in [3.05, 3.63) is 11.9 Å². The number of anilines is 2. The van der Waals surface area contributed by atoms with E-state index in [2.05, 4.69) is 54.3 Å². The van der Waals surface area contributed by atoms with Crippen LogP contribution in [-0.4, -0.2) is 41.6 Å². The monoisotopic (exact) mass is 282 g/mol. The maximum atomic E-state index is 4.51. The number of thioether (sulfide) groups is 1. The van der Waals surface area contributed by atoms with E-state index in [1.165, 1.54) is 5.56 Å². The van der Waals surface area contributed by atoms with Gasteiger partial charge < -0.3 is 10.2 Å². The molecule has 0 aliphatic carbocycles. The minimum Gasteiger partial charge on any atom is -0.370 e. The molecule has 0 spiro atoms. The van der Waals surface area contributed by atoms with Crippen LogP contribution in [0.15, 0.2) is 6.33 Å². The molecule has 0 saturated heterocycles. The summed E-state index contributed by atoms with van der Waals surface area (Å²) < 4.78 is 0. The normalized spacial score (nSPS) is 12.3. The Bertz CT molecular complexity index is 384. The molecule has 1 unspecified atom stereocenters. The van der Waals surface area contributed by atoms with Crippen LogP contribution in [0.1, 0.15) is 32.8 Å². The zero-order valence-electron chi connectivity index (χ0n) is 12.7. The lowest BCUT2D eigenvalue weighted by molar-refractivity contribution is 0.740. The highest BCUT2D eigenvalue weighted by molar-refractivity contribution is 7.98. The van der Waals surface area contributed by atoms with Crippen LogP contribution in [0.3, 0.4) is 0 Å². The van der Waals surface area contributed by atoms with Gasteiger partial charge in [-0.05, 0) is 26.5 Å². The van der Waals surface area contributed by atoms with Crippen LogP contribution in [0.5, 0.6) is 0 Å². The Morgan fingerprint density at radius 3 is 2.68 bits per heavy atom. The highest BCUT2D eigenvalue weighted by atomic mass is 32.2. The van der Waals surface area contributed by atoms with Gasteiger partial charge in [0.05, 0.1) is 0 Å². The molecule has 1 atom stereocenters. The first-order valence-electron chi connectivity index (χ1n) is 6.95. The maximum Gasteiger partial charge on any atom is 0.137 e. The summed E-state index contributed by atoms with van der Waals surface area (Å²) in [6, 6.07) is 0.468. The summed E-state index contributed by atoms with van der Waals surface area (Å²) in [5.41, 5.74) is 1.24. The van der Waals surface area contributed by atoms with E-state index in [-0.39, 0.29) is 0 Å². The van der Waals surface area contributed by atoms with Crippen LogP contribution in [-0.2, 0) is 6.42 Å². The third kappa shape index (κ3) is 4.27. The molecule has 4 nitrogen and oxygen atoms in total. The lowest BCUT2D eigenvalue weighted by Crippen LogP contribution is -2.32. The Labute approximate surface area is 121 Å². The standard InChI is InChI=1S/C14H26N4S/c1-6-8-12-13(15-7-2)16-10-17-14(12)18(4)11(3)9-19-5/h10-11H,6-9H2,1-5H3,(H,15,16,17). The topological polar surface area (TPSA) is 41.1 Å². The average molecular weight is 282 g/mol. The number of nitrogens with zero attached hydrogens (tertiary/aromatic N) is 3. The lowest BCUT2D eigenvalue weighted by atomic mass is 10.1. The molecule has 1 rings (SSSR count). The molecule has 19 heavy (non-hydrogen) atoms. The Hall–Kier alpha value is -0.970. The van der Waals surface area contributed by atoms with E-state index in [0.717, 1.165) is 36.8 Å². The van der Waals surface area contributed by atoms with E-state index >= 15 is 0 Å². The van der Waals surface area contributed by atoms with Crippen molar-refractivity contribution in [2.45, 2.75) is 39.7 Å². The Morgan fingerprint density at radius 1 is 1.37 bits per heavy atom. The van der Waals surface area contributed by atoms with Crippen LogP contribution in [0.4, 0.5) is 11.6 Å². The van der Waals surface area contributed by atoms with Crippen molar-refractivity contribution in [3.8, 4) is 0 Å². The van der Waals surface area contributed by atoms with Crippen molar-refractivity contribution in [1.29, 1.82) is 0 Å². The molecule has 0 amide bonds. The number of aromatic nitrogens is 2. The van der Waals surface area contributed by atoms with Gasteiger partial charge in [0.1, 0.15) is 18.0 Å². The first-order valence-corrected chi connectivity index (χ1v) is 8.34. The van der Waals surface area contributed by atoms with Gasteiger partial charge in [0.15, 0.2) is 0 Å².